The van der Waals surface area contributed by atoms with E-state index >= 15 is 0 Å². The van der Waals surface area contributed by atoms with E-state index in [2.05, 4.69) is 9.88 Å². The molecule has 0 aliphatic heterocycles. The number of oxazole rings is 1. The van der Waals surface area contributed by atoms with Gasteiger partial charge in [0.25, 0.3) is 6.01 Å². The first-order valence-electron chi connectivity index (χ1n) is 4.39. The Morgan fingerprint density at radius 3 is 2.92 bits per heavy atom. The van der Waals surface area contributed by atoms with Gasteiger partial charge in [-0.2, -0.15) is 4.98 Å². The molecule has 1 saturated carbocycles. The van der Waals surface area contributed by atoms with E-state index in [0.717, 1.165) is 24.2 Å². The summed E-state index contributed by atoms with van der Waals surface area (Å²) in [5, 5.41) is 0. The van der Waals surface area contributed by atoms with Gasteiger partial charge in [-0.15, -0.1) is 0 Å². The van der Waals surface area contributed by atoms with Crippen LogP contribution in [0.3, 0.4) is 0 Å². The molecule has 66 valence electrons. The first kappa shape index (κ1) is 7.65. The maximum atomic E-state index is 5.27. The van der Waals surface area contributed by atoms with Gasteiger partial charge in [0.1, 0.15) is 6.26 Å². The molecule has 0 saturated heterocycles. The van der Waals surface area contributed by atoms with E-state index in [4.69, 9.17) is 4.42 Å². The van der Waals surface area contributed by atoms with Crippen LogP contribution in [-0.2, 0) is 0 Å². The standard InChI is InChI=1S/C9H14N2O/c1-7-6-12-9(10-7)11(2)5-8-3-4-8/h6,8H,3-5H2,1-2H3. The molecular formula is C9H14N2O. The maximum Gasteiger partial charge on any atom is 0.297 e. The second-order valence-corrected chi connectivity index (χ2v) is 3.60. The van der Waals surface area contributed by atoms with Crippen LogP contribution in [0, 0.1) is 12.8 Å². The summed E-state index contributed by atoms with van der Waals surface area (Å²) in [6.07, 6.45) is 4.42. The molecule has 3 heteroatoms. The fraction of sp³-hybridized carbons (Fsp3) is 0.667. The molecule has 0 spiro atoms. The van der Waals surface area contributed by atoms with Gasteiger partial charge in [0, 0.05) is 13.6 Å². The highest BCUT2D eigenvalue weighted by Crippen LogP contribution is 2.30. The van der Waals surface area contributed by atoms with Crippen LogP contribution in [0.1, 0.15) is 18.5 Å². The van der Waals surface area contributed by atoms with Gasteiger partial charge in [-0.3, -0.25) is 0 Å². The topological polar surface area (TPSA) is 29.3 Å². The molecule has 0 bridgehead atoms. The third-order valence-corrected chi connectivity index (χ3v) is 2.16. The van der Waals surface area contributed by atoms with E-state index in [1.807, 2.05) is 14.0 Å². The summed E-state index contributed by atoms with van der Waals surface area (Å²) in [5.74, 6) is 0.877. The van der Waals surface area contributed by atoms with Crippen molar-refractivity contribution in [3.05, 3.63) is 12.0 Å². The van der Waals surface area contributed by atoms with Crippen LogP contribution >= 0.6 is 0 Å². The minimum Gasteiger partial charge on any atom is -0.432 e. The minimum atomic E-state index is 0.749. The Bertz CT molecular complexity index is 265. The monoisotopic (exact) mass is 166 g/mol. The Hall–Kier alpha value is -0.990. The molecule has 3 nitrogen and oxygen atoms in total. The van der Waals surface area contributed by atoms with Crippen LogP contribution in [0.5, 0.6) is 0 Å². The minimum absolute atomic E-state index is 0.749. The third-order valence-electron chi connectivity index (χ3n) is 2.16. The summed E-state index contributed by atoms with van der Waals surface area (Å²) in [6, 6.07) is 0.749. The molecule has 0 aromatic carbocycles. The highest BCUT2D eigenvalue weighted by atomic mass is 16.4. The second kappa shape index (κ2) is 2.81. The van der Waals surface area contributed by atoms with Crippen molar-refractivity contribution in [2.24, 2.45) is 5.92 Å². The van der Waals surface area contributed by atoms with Crippen molar-refractivity contribution in [2.45, 2.75) is 19.8 Å². The first-order valence-corrected chi connectivity index (χ1v) is 4.39. The average molecular weight is 166 g/mol. The van der Waals surface area contributed by atoms with E-state index in [1.165, 1.54) is 12.8 Å². The normalized spacial score (nSPS) is 16.5. The molecule has 1 fully saturated rings. The zero-order valence-electron chi connectivity index (χ0n) is 7.58. The van der Waals surface area contributed by atoms with Crippen molar-refractivity contribution in [2.75, 3.05) is 18.5 Å². The van der Waals surface area contributed by atoms with Crippen LogP contribution in [0.2, 0.25) is 0 Å². The van der Waals surface area contributed by atoms with Crippen molar-refractivity contribution in [3.8, 4) is 0 Å². The molecule has 2 rings (SSSR count). The van der Waals surface area contributed by atoms with Crippen molar-refractivity contribution < 1.29 is 4.42 Å². The smallest absolute Gasteiger partial charge is 0.297 e. The third kappa shape index (κ3) is 1.60. The fourth-order valence-electron chi connectivity index (χ4n) is 1.28. The number of rotatable bonds is 3. The Kier molecular flexibility index (Phi) is 1.79. The van der Waals surface area contributed by atoms with Gasteiger partial charge in [0.15, 0.2) is 0 Å². The number of hydrogen-bond donors (Lipinski definition) is 0. The van der Waals surface area contributed by atoms with Gasteiger partial charge in [-0.1, -0.05) is 0 Å². The molecule has 0 radical (unpaired) electrons. The molecule has 1 aliphatic rings. The molecule has 0 atom stereocenters. The SMILES string of the molecule is Cc1coc(N(C)CC2CC2)n1. The van der Waals surface area contributed by atoms with Crippen LogP contribution in [0.25, 0.3) is 0 Å². The number of nitrogens with zero attached hydrogens (tertiary/aromatic N) is 2. The molecule has 0 N–H and O–H groups in total. The summed E-state index contributed by atoms with van der Waals surface area (Å²) in [6.45, 7) is 3.03. The van der Waals surface area contributed by atoms with E-state index in [9.17, 15) is 0 Å². The van der Waals surface area contributed by atoms with Gasteiger partial charge in [-0.25, -0.2) is 0 Å². The van der Waals surface area contributed by atoms with Crippen molar-refractivity contribution in [1.29, 1.82) is 0 Å². The predicted octanol–water partition coefficient (Wildman–Crippen LogP) is 1.83. The highest BCUT2D eigenvalue weighted by Gasteiger charge is 2.24. The van der Waals surface area contributed by atoms with Gasteiger partial charge >= 0.3 is 0 Å². The number of aryl methyl sites for hydroxylation is 1. The Labute approximate surface area is 72.4 Å². The van der Waals surface area contributed by atoms with Gasteiger partial charge in [0.2, 0.25) is 0 Å². The van der Waals surface area contributed by atoms with Crippen LogP contribution < -0.4 is 4.90 Å². The number of aromatic nitrogens is 1. The summed E-state index contributed by atoms with van der Waals surface area (Å²) in [4.78, 5) is 6.34. The van der Waals surface area contributed by atoms with Crippen molar-refractivity contribution >= 4 is 6.01 Å². The van der Waals surface area contributed by atoms with E-state index in [1.54, 1.807) is 6.26 Å². The molecular weight excluding hydrogens is 152 g/mol. The van der Waals surface area contributed by atoms with Crippen LogP contribution in [0.4, 0.5) is 6.01 Å². The summed E-state index contributed by atoms with van der Waals surface area (Å²) in [5.41, 5.74) is 0.952. The first-order chi connectivity index (χ1) is 5.75. The number of hydrogen-bond acceptors (Lipinski definition) is 3. The van der Waals surface area contributed by atoms with Gasteiger partial charge < -0.3 is 9.32 Å². The highest BCUT2D eigenvalue weighted by molar-refractivity contribution is 5.25. The van der Waals surface area contributed by atoms with Crippen molar-refractivity contribution in [1.82, 2.24) is 4.98 Å². The zero-order chi connectivity index (χ0) is 8.55. The summed E-state index contributed by atoms with van der Waals surface area (Å²) in [7, 11) is 2.03. The summed E-state index contributed by atoms with van der Waals surface area (Å²) >= 11 is 0. The fourth-order valence-corrected chi connectivity index (χ4v) is 1.28. The Morgan fingerprint density at radius 2 is 2.42 bits per heavy atom. The molecule has 12 heavy (non-hydrogen) atoms. The second-order valence-electron chi connectivity index (χ2n) is 3.60. The lowest BCUT2D eigenvalue weighted by atomic mass is 10.4. The molecule has 1 aromatic heterocycles. The van der Waals surface area contributed by atoms with Gasteiger partial charge in [-0.05, 0) is 25.7 Å². The van der Waals surface area contributed by atoms with E-state index in [0.29, 0.717) is 0 Å². The van der Waals surface area contributed by atoms with Gasteiger partial charge in [0.05, 0.1) is 5.69 Å². The molecule has 0 unspecified atom stereocenters. The molecule has 1 aliphatic carbocycles. The van der Waals surface area contributed by atoms with E-state index < -0.39 is 0 Å². The van der Waals surface area contributed by atoms with Crippen LogP contribution in [0.15, 0.2) is 10.7 Å². The molecule has 1 heterocycles. The lowest BCUT2D eigenvalue weighted by molar-refractivity contribution is 0.539. The Balaban J connectivity index is 1.97. The quantitative estimate of drug-likeness (QED) is 0.686. The van der Waals surface area contributed by atoms with E-state index in [-0.39, 0.29) is 0 Å². The average Bonchev–Trinajstić information content (AvgIpc) is 2.72. The maximum absolute atomic E-state index is 5.27. The lowest BCUT2D eigenvalue weighted by Crippen LogP contribution is -2.20. The summed E-state index contributed by atoms with van der Waals surface area (Å²) < 4.78 is 5.27. The zero-order valence-corrected chi connectivity index (χ0v) is 7.58. The molecule has 1 aromatic rings. The number of anilines is 1. The molecule has 0 amide bonds. The van der Waals surface area contributed by atoms with Crippen molar-refractivity contribution in [3.63, 3.8) is 0 Å². The Morgan fingerprint density at radius 1 is 1.67 bits per heavy atom. The van der Waals surface area contributed by atoms with Crippen LogP contribution in [-0.4, -0.2) is 18.6 Å². The lowest BCUT2D eigenvalue weighted by Gasteiger charge is -2.12. The predicted molar refractivity (Wildman–Crippen MR) is 47.2 cm³/mol. The largest absolute Gasteiger partial charge is 0.432 e.